The fourth-order valence-corrected chi connectivity index (χ4v) is 4.85. The van der Waals surface area contributed by atoms with Crippen LogP contribution in [0, 0.1) is 0 Å². The highest BCUT2D eigenvalue weighted by atomic mass is 16.6. The van der Waals surface area contributed by atoms with Crippen molar-refractivity contribution in [3.63, 3.8) is 0 Å². The number of alkyl carbamates (subject to hydrolysis) is 2. The maximum atomic E-state index is 12.9. The smallest absolute Gasteiger partial charge is 0.407 e. The first-order valence-electron chi connectivity index (χ1n) is 14.8. The number of aliphatic hydroxyl groups excluding tert-OH is 1. The van der Waals surface area contributed by atoms with Crippen LogP contribution in [0.4, 0.5) is 9.59 Å². The Balaban J connectivity index is 1.50. The van der Waals surface area contributed by atoms with Crippen LogP contribution in [-0.4, -0.2) is 46.1 Å². The summed E-state index contributed by atoms with van der Waals surface area (Å²) in [7, 11) is 0. The molecule has 0 aliphatic heterocycles. The van der Waals surface area contributed by atoms with Crippen LogP contribution in [0.3, 0.4) is 0 Å². The molecule has 230 valence electrons. The Hall–Kier alpha value is -4.69. The molecule has 4 aromatic rings. The van der Waals surface area contributed by atoms with Gasteiger partial charge in [0.1, 0.15) is 12.2 Å². The van der Waals surface area contributed by atoms with Crippen molar-refractivity contribution in [2.75, 3.05) is 0 Å². The van der Waals surface area contributed by atoms with E-state index in [1.54, 1.807) is 33.2 Å². The van der Waals surface area contributed by atoms with Crippen molar-refractivity contribution >= 4 is 12.2 Å². The van der Waals surface area contributed by atoms with Crippen molar-refractivity contribution in [2.45, 2.75) is 70.4 Å². The molecule has 2 amide bonds. The van der Waals surface area contributed by atoms with E-state index < -0.39 is 36.0 Å². The highest BCUT2D eigenvalue weighted by Gasteiger charge is 2.28. The van der Waals surface area contributed by atoms with E-state index in [2.05, 4.69) is 15.6 Å². The molecule has 3 aromatic carbocycles. The minimum atomic E-state index is -1.00. The van der Waals surface area contributed by atoms with Gasteiger partial charge in [-0.25, -0.2) is 9.59 Å². The summed E-state index contributed by atoms with van der Waals surface area (Å²) in [4.78, 5) is 29.8. The molecule has 8 nitrogen and oxygen atoms in total. The van der Waals surface area contributed by atoms with Crippen molar-refractivity contribution in [3.05, 3.63) is 126 Å². The average Bonchev–Trinajstić information content (AvgIpc) is 3.00. The van der Waals surface area contributed by atoms with Crippen molar-refractivity contribution < 1.29 is 24.2 Å². The van der Waals surface area contributed by atoms with Crippen molar-refractivity contribution in [1.82, 2.24) is 15.6 Å². The van der Waals surface area contributed by atoms with Gasteiger partial charge in [-0.15, -0.1) is 0 Å². The second kappa shape index (κ2) is 15.7. The lowest BCUT2D eigenvalue weighted by molar-refractivity contribution is 0.0397. The highest BCUT2D eigenvalue weighted by molar-refractivity contribution is 5.69. The summed E-state index contributed by atoms with van der Waals surface area (Å²) in [6.45, 7) is 5.49. The molecule has 0 unspecified atom stereocenters. The summed E-state index contributed by atoms with van der Waals surface area (Å²) < 4.78 is 11.0. The molecule has 1 aromatic heterocycles. The maximum absolute atomic E-state index is 12.9. The van der Waals surface area contributed by atoms with Crippen LogP contribution in [-0.2, 0) is 28.9 Å². The number of rotatable bonds is 12. The van der Waals surface area contributed by atoms with Gasteiger partial charge in [-0.05, 0) is 80.0 Å². The van der Waals surface area contributed by atoms with Gasteiger partial charge >= 0.3 is 12.2 Å². The number of ether oxygens (including phenoxy) is 2. The Bertz CT molecular complexity index is 1440. The SMILES string of the molecule is CC(C)(C)OC(=O)N[C@@H](Cc1ccccc1)[C@@H](O)C[C@H](Cc1ccc(-c2ccncc2)cc1)NC(=O)OCc1ccccc1. The van der Waals surface area contributed by atoms with Crippen LogP contribution in [0.25, 0.3) is 11.1 Å². The number of hydrogen-bond acceptors (Lipinski definition) is 6. The van der Waals surface area contributed by atoms with Crippen LogP contribution in [0.15, 0.2) is 109 Å². The van der Waals surface area contributed by atoms with E-state index in [0.29, 0.717) is 12.8 Å². The van der Waals surface area contributed by atoms with Crippen LogP contribution < -0.4 is 10.6 Å². The Morgan fingerprint density at radius 2 is 1.30 bits per heavy atom. The summed E-state index contributed by atoms with van der Waals surface area (Å²) in [5.74, 6) is 0. The van der Waals surface area contributed by atoms with Crippen LogP contribution in [0.1, 0.15) is 43.9 Å². The van der Waals surface area contributed by atoms with E-state index >= 15 is 0 Å². The summed E-state index contributed by atoms with van der Waals surface area (Å²) in [6, 6.07) is 29.9. The number of amides is 2. The van der Waals surface area contributed by atoms with Gasteiger partial charge in [0.05, 0.1) is 12.1 Å². The fraction of sp³-hybridized carbons (Fsp3) is 0.306. The molecule has 0 bridgehead atoms. The lowest BCUT2D eigenvalue weighted by Crippen LogP contribution is -2.49. The van der Waals surface area contributed by atoms with Crippen LogP contribution >= 0.6 is 0 Å². The molecule has 0 fully saturated rings. The van der Waals surface area contributed by atoms with Gasteiger partial charge in [0.2, 0.25) is 0 Å². The van der Waals surface area contributed by atoms with Crippen molar-refractivity contribution in [2.24, 2.45) is 0 Å². The first-order valence-corrected chi connectivity index (χ1v) is 14.8. The third-order valence-corrected chi connectivity index (χ3v) is 6.98. The molecule has 0 aliphatic rings. The first-order chi connectivity index (χ1) is 21.1. The van der Waals surface area contributed by atoms with E-state index in [1.165, 1.54) is 0 Å². The molecule has 0 aliphatic carbocycles. The minimum Gasteiger partial charge on any atom is -0.445 e. The van der Waals surface area contributed by atoms with Gasteiger partial charge in [0.25, 0.3) is 0 Å². The van der Waals surface area contributed by atoms with Gasteiger partial charge in [-0.3, -0.25) is 4.98 Å². The summed E-state index contributed by atoms with van der Waals surface area (Å²) in [5.41, 5.74) is 4.21. The lowest BCUT2D eigenvalue weighted by Gasteiger charge is -2.29. The number of nitrogens with one attached hydrogen (secondary N) is 2. The number of nitrogens with zero attached hydrogens (tertiary/aromatic N) is 1. The fourth-order valence-electron chi connectivity index (χ4n) is 4.85. The minimum absolute atomic E-state index is 0.124. The molecule has 4 rings (SSSR count). The number of carbonyl (C=O) groups excluding carboxylic acids is 2. The molecule has 0 radical (unpaired) electrons. The van der Waals surface area contributed by atoms with E-state index in [9.17, 15) is 14.7 Å². The van der Waals surface area contributed by atoms with Crippen molar-refractivity contribution in [3.8, 4) is 11.1 Å². The van der Waals surface area contributed by atoms with Crippen LogP contribution in [0.2, 0.25) is 0 Å². The van der Waals surface area contributed by atoms with E-state index in [-0.39, 0.29) is 13.0 Å². The molecule has 44 heavy (non-hydrogen) atoms. The number of aromatic nitrogens is 1. The monoisotopic (exact) mass is 595 g/mol. The summed E-state index contributed by atoms with van der Waals surface area (Å²) in [5, 5.41) is 17.3. The molecule has 8 heteroatoms. The zero-order valence-corrected chi connectivity index (χ0v) is 25.5. The van der Waals surface area contributed by atoms with Gasteiger partial charge in [-0.2, -0.15) is 0 Å². The van der Waals surface area contributed by atoms with Gasteiger partial charge in [0.15, 0.2) is 0 Å². The lowest BCUT2D eigenvalue weighted by atomic mass is 9.93. The second-order valence-electron chi connectivity index (χ2n) is 11.8. The molecular formula is C36H41N3O5. The second-order valence-corrected chi connectivity index (χ2v) is 11.8. The Labute approximate surface area is 259 Å². The molecule has 0 saturated carbocycles. The van der Waals surface area contributed by atoms with Gasteiger partial charge in [-0.1, -0.05) is 84.9 Å². The number of pyridine rings is 1. The predicted molar refractivity (Wildman–Crippen MR) is 171 cm³/mol. The van der Waals surface area contributed by atoms with E-state index in [4.69, 9.17) is 9.47 Å². The maximum Gasteiger partial charge on any atom is 0.407 e. The zero-order valence-electron chi connectivity index (χ0n) is 25.5. The molecule has 3 N–H and O–H groups in total. The largest absolute Gasteiger partial charge is 0.445 e. The summed E-state index contributed by atoms with van der Waals surface area (Å²) in [6.07, 6.45) is 2.30. The first kappa shape index (κ1) is 32.2. The quantitative estimate of drug-likeness (QED) is 0.173. The molecular weight excluding hydrogens is 554 g/mol. The highest BCUT2D eigenvalue weighted by Crippen LogP contribution is 2.21. The molecule has 3 atom stereocenters. The average molecular weight is 596 g/mol. The number of hydrogen-bond donors (Lipinski definition) is 3. The topological polar surface area (TPSA) is 110 Å². The van der Waals surface area contributed by atoms with Crippen molar-refractivity contribution in [1.29, 1.82) is 0 Å². The number of aliphatic hydroxyl groups is 1. The summed E-state index contributed by atoms with van der Waals surface area (Å²) >= 11 is 0. The Morgan fingerprint density at radius 1 is 0.727 bits per heavy atom. The van der Waals surface area contributed by atoms with Crippen LogP contribution in [0.5, 0.6) is 0 Å². The molecule has 1 heterocycles. The normalized spacial score (nSPS) is 13.3. The molecule has 0 saturated heterocycles. The number of benzene rings is 3. The van der Waals surface area contributed by atoms with Gasteiger partial charge < -0.3 is 25.2 Å². The van der Waals surface area contributed by atoms with E-state index in [1.807, 2.05) is 97.1 Å². The van der Waals surface area contributed by atoms with Gasteiger partial charge in [0, 0.05) is 18.4 Å². The Kier molecular flexibility index (Phi) is 11.5. The third kappa shape index (κ3) is 10.9. The molecule has 0 spiro atoms. The third-order valence-electron chi connectivity index (χ3n) is 6.98. The zero-order chi connectivity index (χ0) is 31.4. The van der Waals surface area contributed by atoms with E-state index in [0.717, 1.165) is 27.8 Å². The predicted octanol–water partition coefficient (Wildman–Crippen LogP) is 6.47. The standard InChI is InChI=1S/C36H41N3O5/c1-36(2,3)44-35(42)39-32(23-26-10-6-4-7-11-26)33(40)24-31(38-34(41)43-25-28-12-8-5-9-13-28)22-27-14-16-29(17-15-27)30-18-20-37-21-19-30/h4-21,31-33,40H,22-25H2,1-3H3,(H,38,41)(H,39,42)/t31-,32-,33-/m0/s1. The Morgan fingerprint density at radius 3 is 1.91 bits per heavy atom. The number of carbonyl (C=O) groups is 2.